The Hall–Kier alpha value is -5.41. The SMILES string of the molecule is CC(C)C(=O)OCc1ccc(NC(=O)[C@H](CCCNC(N)=O)NC(=O)[C@@H](NC(=O)CCN(CCOCCS(=O)(=O)O)C(=O)CN2C(=O)C=CC2=O)C(C)C)cc1. The minimum absolute atomic E-state index is 0.0415. The highest BCUT2D eigenvalue weighted by atomic mass is 32.2. The van der Waals surface area contributed by atoms with Crippen molar-refractivity contribution in [2.45, 2.75) is 65.6 Å². The highest BCUT2D eigenvalue weighted by Crippen LogP contribution is 2.14. The van der Waals surface area contributed by atoms with Crippen molar-refractivity contribution in [2.75, 3.05) is 50.5 Å². The predicted molar refractivity (Wildman–Crippen MR) is 200 cm³/mol. The van der Waals surface area contributed by atoms with E-state index >= 15 is 0 Å². The molecule has 8 amide bonds. The number of ether oxygens (including phenoxy) is 2. The summed E-state index contributed by atoms with van der Waals surface area (Å²) in [4.78, 5) is 102. The molecule has 56 heavy (non-hydrogen) atoms. The van der Waals surface area contributed by atoms with Crippen LogP contribution in [0.5, 0.6) is 0 Å². The Morgan fingerprint density at radius 3 is 2.12 bits per heavy atom. The Kier molecular flexibility index (Phi) is 19.1. The van der Waals surface area contributed by atoms with Crippen LogP contribution in [0.3, 0.4) is 0 Å². The summed E-state index contributed by atoms with van der Waals surface area (Å²) in [7, 11) is -4.29. The quantitative estimate of drug-likeness (QED) is 0.0331. The number of imide groups is 1. The highest BCUT2D eigenvalue weighted by molar-refractivity contribution is 7.85. The number of benzene rings is 1. The molecule has 1 heterocycles. The monoisotopic (exact) mass is 809 g/mol. The second-order valence-corrected chi connectivity index (χ2v) is 14.9. The molecule has 2 atom stereocenters. The van der Waals surface area contributed by atoms with Gasteiger partial charge in [0.2, 0.25) is 23.6 Å². The molecule has 1 aliphatic rings. The Balaban J connectivity index is 2.10. The second kappa shape index (κ2) is 22.8. The molecule has 310 valence electrons. The van der Waals surface area contributed by atoms with E-state index in [4.69, 9.17) is 19.8 Å². The summed E-state index contributed by atoms with van der Waals surface area (Å²) in [5.74, 6) is -5.90. The lowest BCUT2D eigenvalue weighted by Crippen LogP contribution is -2.55. The number of carbonyl (C=O) groups excluding carboxylic acids is 8. The molecule has 1 aliphatic heterocycles. The number of nitrogens with zero attached hydrogens (tertiary/aromatic N) is 2. The lowest BCUT2D eigenvalue weighted by Gasteiger charge is -2.27. The third-order valence-electron chi connectivity index (χ3n) is 8.09. The number of hydrogen-bond acceptors (Lipinski definition) is 12. The van der Waals surface area contributed by atoms with Gasteiger partial charge in [0.1, 0.15) is 25.2 Å². The average Bonchev–Trinajstić information content (AvgIpc) is 3.43. The van der Waals surface area contributed by atoms with E-state index in [2.05, 4.69) is 21.3 Å². The van der Waals surface area contributed by atoms with Crippen LogP contribution in [0.2, 0.25) is 0 Å². The maximum atomic E-state index is 13.6. The first-order valence-corrected chi connectivity index (χ1v) is 19.4. The van der Waals surface area contributed by atoms with Crippen LogP contribution in [0.15, 0.2) is 36.4 Å². The van der Waals surface area contributed by atoms with Crippen LogP contribution in [0, 0.1) is 11.8 Å². The van der Waals surface area contributed by atoms with Gasteiger partial charge in [-0.2, -0.15) is 8.42 Å². The third-order valence-corrected chi connectivity index (χ3v) is 8.77. The van der Waals surface area contributed by atoms with E-state index in [0.717, 1.165) is 17.1 Å². The minimum Gasteiger partial charge on any atom is -0.461 e. The van der Waals surface area contributed by atoms with Gasteiger partial charge in [0.25, 0.3) is 21.9 Å². The van der Waals surface area contributed by atoms with Crippen LogP contribution in [-0.2, 0) is 59.8 Å². The summed E-state index contributed by atoms with van der Waals surface area (Å²) < 4.78 is 41.3. The van der Waals surface area contributed by atoms with Crippen molar-refractivity contribution in [1.82, 2.24) is 25.8 Å². The van der Waals surface area contributed by atoms with E-state index in [-0.39, 0.29) is 70.6 Å². The van der Waals surface area contributed by atoms with Crippen molar-refractivity contribution < 1.29 is 60.8 Å². The van der Waals surface area contributed by atoms with Gasteiger partial charge >= 0.3 is 12.0 Å². The standard InChI is InChI=1S/C35H51N7O13S/c1-22(2)31(40-27(43)13-15-41(16-17-54-18-19-56(51,52)53)30(46)20-42-28(44)11-12-29(42)45)33(48)39-26(6-5-14-37-35(36)50)32(47)38-25-9-7-24(8-10-25)21-55-34(49)23(3)4/h7-12,22-23,26,31H,5-6,13-21H2,1-4H3,(H,38,47)(H,39,48)(H,40,43)(H3,36,37,50)(H,51,52,53)/t26-,31-/m0/s1. The van der Waals surface area contributed by atoms with Crippen LogP contribution in [0.1, 0.15) is 52.5 Å². The molecule has 2 rings (SSSR count). The molecule has 1 aromatic carbocycles. The predicted octanol–water partition coefficient (Wildman–Crippen LogP) is -0.553. The first kappa shape index (κ1) is 46.7. The Morgan fingerprint density at radius 1 is 0.911 bits per heavy atom. The number of urea groups is 1. The van der Waals surface area contributed by atoms with Gasteiger partial charge < -0.3 is 41.4 Å². The zero-order valence-corrected chi connectivity index (χ0v) is 32.6. The van der Waals surface area contributed by atoms with Crippen molar-refractivity contribution in [3.63, 3.8) is 0 Å². The summed E-state index contributed by atoms with van der Waals surface area (Å²) in [5, 5.41) is 10.4. The zero-order valence-electron chi connectivity index (χ0n) is 31.8. The smallest absolute Gasteiger partial charge is 0.312 e. The summed E-state index contributed by atoms with van der Waals surface area (Å²) >= 11 is 0. The molecular formula is C35H51N7O13S. The number of primary amides is 1. The number of nitrogens with two attached hydrogens (primary N) is 1. The van der Waals surface area contributed by atoms with E-state index in [1.165, 1.54) is 0 Å². The van der Waals surface area contributed by atoms with E-state index in [1.54, 1.807) is 52.0 Å². The van der Waals surface area contributed by atoms with Gasteiger partial charge in [-0.3, -0.25) is 43.0 Å². The van der Waals surface area contributed by atoms with Gasteiger partial charge in [-0.05, 0) is 36.5 Å². The molecule has 20 nitrogen and oxygen atoms in total. The normalized spacial score (nSPS) is 13.7. The Morgan fingerprint density at radius 2 is 1.55 bits per heavy atom. The number of anilines is 1. The molecule has 0 radical (unpaired) electrons. The molecule has 0 saturated heterocycles. The number of hydrogen-bond donors (Lipinski definition) is 6. The number of nitrogens with one attached hydrogen (secondary N) is 4. The molecule has 0 aliphatic carbocycles. The molecule has 7 N–H and O–H groups in total. The second-order valence-electron chi connectivity index (χ2n) is 13.4. The van der Waals surface area contributed by atoms with Crippen molar-refractivity contribution in [1.29, 1.82) is 0 Å². The fourth-order valence-corrected chi connectivity index (χ4v) is 5.25. The maximum absolute atomic E-state index is 13.6. The Bertz CT molecular complexity index is 1700. The fraction of sp³-hybridized carbons (Fsp3) is 0.543. The molecule has 0 fully saturated rings. The lowest BCUT2D eigenvalue weighted by molar-refractivity contribution is -0.148. The first-order chi connectivity index (χ1) is 26.3. The molecular weight excluding hydrogens is 758 g/mol. The number of carbonyl (C=O) groups is 8. The maximum Gasteiger partial charge on any atom is 0.312 e. The first-order valence-electron chi connectivity index (χ1n) is 17.8. The lowest BCUT2D eigenvalue weighted by atomic mass is 10.0. The van der Waals surface area contributed by atoms with Gasteiger partial charge in [0.15, 0.2) is 0 Å². The van der Waals surface area contributed by atoms with Gasteiger partial charge in [0.05, 0.1) is 24.9 Å². The summed E-state index contributed by atoms with van der Waals surface area (Å²) in [5.41, 5.74) is 6.20. The molecule has 0 bridgehead atoms. The molecule has 0 saturated carbocycles. The van der Waals surface area contributed by atoms with Crippen LogP contribution >= 0.6 is 0 Å². The largest absolute Gasteiger partial charge is 0.461 e. The van der Waals surface area contributed by atoms with Crippen molar-refractivity contribution in [3.05, 3.63) is 42.0 Å². The van der Waals surface area contributed by atoms with Crippen LogP contribution < -0.4 is 27.0 Å². The van der Waals surface area contributed by atoms with Gasteiger partial charge in [-0.25, -0.2) is 4.79 Å². The molecule has 21 heteroatoms. The van der Waals surface area contributed by atoms with Crippen molar-refractivity contribution in [2.24, 2.45) is 17.6 Å². The number of amides is 8. The third kappa shape index (κ3) is 17.4. The topological polar surface area (TPSA) is 290 Å². The van der Waals surface area contributed by atoms with Gasteiger partial charge in [-0.15, -0.1) is 0 Å². The molecule has 1 aromatic rings. The van der Waals surface area contributed by atoms with E-state index < -0.39 is 81.9 Å². The van der Waals surface area contributed by atoms with Gasteiger partial charge in [0, 0.05) is 43.9 Å². The number of rotatable bonds is 24. The zero-order chi connectivity index (χ0) is 42.0. The van der Waals surface area contributed by atoms with Crippen molar-refractivity contribution in [3.8, 4) is 0 Å². The van der Waals surface area contributed by atoms with E-state index in [1.807, 2.05) is 0 Å². The minimum atomic E-state index is -4.29. The van der Waals surface area contributed by atoms with Gasteiger partial charge in [-0.1, -0.05) is 39.8 Å². The summed E-state index contributed by atoms with van der Waals surface area (Å²) in [6, 6.07) is 3.47. The van der Waals surface area contributed by atoms with Crippen LogP contribution in [0.4, 0.5) is 10.5 Å². The highest BCUT2D eigenvalue weighted by Gasteiger charge is 2.31. The number of esters is 1. The van der Waals surface area contributed by atoms with Crippen LogP contribution in [-0.4, -0.2) is 127 Å². The van der Waals surface area contributed by atoms with Crippen LogP contribution in [0.25, 0.3) is 0 Å². The molecule has 0 aromatic heterocycles. The average molecular weight is 810 g/mol. The summed E-state index contributed by atoms with van der Waals surface area (Å²) in [6.07, 6.45) is 1.98. The molecule has 0 unspecified atom stereocenters. The molecule has 0 spiro atoms. The summed E-state index contributed by atoms with van der Waals surface area (Å²) in [6.45, 7) is 5.24. The Labute approximate surface area is 325 Å². The van der Waals surface area contributed by atoms with Crippen molar-refractivity contribution >= 4 is 63.2 Å². The van der Waals surface area contributed by atoms with E-state index in [9.17, 15) is 46.8 Å². The van der Waals surface area contributed by atoms with E-state index in [0.29, 0.717) is 16.2 Å². The fourth-order valence-electron chi connectivity index (χ4n) is 4.92.